The van der Waals surface area contributed by atoms with Crippen LogP contribution in [0.2, 0.25) is 0 Å². The van der Waals surface area contributed by atoms with Crippen LogP contribution in [0, 0.1) is 0 Å². The van der Waals surface area contributed by atoms with Crippen LogP contribution in [-0.2, 0) is 6.54 Å². The summed E-state index contributed by atoms with van der Waals surface area (Å²) in [6, 6.07) is 13.3. The summed E-state index contributed by atoms with van der Waals surface area (Å²) in [4.78, 5) is 11.0. The van der Waals surface area contributed by atoms with E-state index in [1.807, 2.05) is 30.3 Å². The number of aromatic amines is 1. The quantitative estimate of drug-likeness (QED) is 0.677. The molecule has 0 atom stereocenters. The van der Waals surface area contributed by atoms with E-state index >= 15 is 0 Å². The van der Waals surface area contributed by atoms with E-state index in [4.69, 9.17) is 5.73 Å². The number of hydrogen-bond acceptors (Lipinski definition) is 3. The van der Waals surface area contributed by atoms with Crippen molar-refractivity contribution in [2.24, 2.45) is 5.73 Å². The summed E-state index contributed by atoms with van der Waals surface area (Å²) in [6.45, 7) is 0.679. The van der Waals surface area contributed by atoms with Gasteiger partial charge in [-0.1, -0.05) is 12.1 Å². The summed E-state index contributed by atoms with van der Waals surface area (Å²) < 4.78 is 0. The van der Waals surface area contributed by atoms with E-state index in [1.165, 1.54) is 0 Å². The lowest BCUT2D eigenvalue weighted by Crippen LogP contribution is -2.10. The number of primary amides is 1. The van der Waals surface area contributed by atoms with Gasteiger partial charge in [0.2, 0.25) is 5.91 Å². The molecule has 0 radical (unpaired) electrons. The largest absolute Gasteiger partial charge is 0.381 e. The molecule has 20 heavy (non-hydrogen) atoms. The Morgan fingerprint density at radius 2 is 2.00 bits per heavy atom. The number of amides is 1. The molecule has 0 bridgehead atoms. The second kappa shape index (κ2) is 5.05. The molecule has 100 valence electrons. The standard InChI is InChI=1S/C15H14N4O/c16-15(20)11-3-1-10(2-4-11)8-17-13-6-5-12-9-18-19-14(12)7-13/h1-7,9,17H,8H2,(H2,16,20)(H,18,19). The van der Waals surface area contributed by atoms with E-state index in [0.29, 0.717) is 12.1 Å². The van der Waals surface area contributed by atoms with Crippen molar-refractivity contribution in [3.63, 3.8) is 0 Å². The van der Waals surface area contributed by atoms with Crippen molar-refractivity contribution in [2.45, 2.75) is 6.54 Å². The normalized spacial score (nSPS) is 10.6. The minimum Gasteiger partial charge on any atom is -0.381 e. The molecular weight excluding hydrogens is 252 g/mol. The van der Waals surface area contributed by atoms with Gasteiger partial charge in [-0.05, 0) is 35.9 Å². The van der Waals surface area contributed by atoms with Crippen LogP contribution in [0.5, 0.6) is 0 Å². The highest BCUT2D eigenvalue weighted by Crippen LogP contribution is 2.17. The smallest absolute Gasteiger partial charge is 0.248 e. The lowest BCUT2D eigenvalue weighted by Gasteiger charge is -2.07. The third kappa shape index (κ3) is 2.47. The van der Waals surface area contributed by atoms with Crippen molar-refractivity contribution in [1.82, 2.24) is 10.2 Å². The van der Waals surface area contributed by atoms with Crippen molar-refractivity contribution in [3.8, 4) is 0 Å². The van der Waals surface area contributed by atoms with Crippen LogP contribution >= 0.6 is 0 Å². The summed E-state index contributed by atoms with van der Waals surface area (Å²) in [5, 5.41) is 11.3. The maximum atomic E-state index is 11.0. The molecule has 4 N–H and O–H groups in total. The Kier molecular flexibility index (Phi) is 3.09. The van der Waals surface area contributed by atoms with Crippen LogP contribution in [0.1, 0.15) is 15.9 Å². The molecule has 0 unspecified atom stereocenters. The molecule has 2 aromatic carbocycles. The summed E-state index contributed by atoms with van der Waals surface area (Å²) in [5.41, 5.74) is 8.83. The van der Waals surface area contributed by atoms with E-state index in [1.54, 1.807) is 18.3 Å². The zero-order chi connectivity index (χ0) is 13.9. The van der Waals surface area contributed by atoms with Gasteiger partial charge < -0.3 is 11.1 Å². The lowest BCUT2D eigenvalue weighted by atomic mass is 10.1. The molecule has 1 amide bonds. The Balaban J connectivity index is 1.70. The number of nitrogens with two attached hydrogens (primary N) is 1. The fourth-order valence-electron chi connectivity index (χ4n) is 2.04. The Bertz CT molecular complexity index is 746. The van der Waals surface area contributed by atoms with E-state index in [2.05, 4.69) is 15.5 Å². The van der Waals surface area contributed by atoms with Gasteiger partial charge in [0.05, 0.1) is 11.7 Å². The molecular formula is C15H14N4O. The number of hydrogen-bond donors (Lipinski definition) is 3. The van der Waals surface area contributed by atoms with Gasteiger partial charge in [0, 0.05) is 23.2 Å². The van der Waals surface area contributed by atoms with Gasteiger partial charge in [0.1, 0.15) is 0 Å². The third-order valence-corrected chi connectivity index (χ3v) is 3.18. The van der Waals surface area contributed by atoms with Gasteiger partial charge >= 0.3 is 0 Å². The average Bonchev–Trinajstić information content (AvgIpc) is 2.93. The SMILES string of the molecule is NC(=O)c1ccc(CNc2ccc3cn[nH]c3c2)cc1. The molecule has 0 aliphatic rings. The summed E-state index contributed by atoms with van der Waals surface area (Å²) in [6.07, 6.45) is 1.79. The number of carbonyl (C=O) groups excluding carboxylic acids is 1. The molecule has 1 heterocycles. The van der Waals surface area contributed by atoms with Crippen molar-refractivity contribution in [2.75, 3.05) is 5.32 Å². The molecule has 1 aromatic heterocycles. The van der Waals surface area contributed by atoms with Gasteiger partial charge in [-0.25, -0.2) is 0 Å². The van der Waals surface area contributed by atoms with Crippen molar-refractivity contribution in [1.29, 1.82) is 0 Å². The molecule has 0 fully saturated rings. The monoisotopic (exact) mass is 266 g/mol. The van der Waals surface area contributed by atoms with Crippen LogP contribution in [0.15, 0.2) is 48.7 Å². The Hall–Kier alpha value is -2.82. The predicted molar refractivity (Wildman–Crippen MR) is 78.4 cm³/mol. The number of aromatic nitrogens is 2. The van der Waals surface area contributed by atoms with Crippen molar-refractivity contribution in [3.05, 3.63) is 59.8 Å². The molecule has 3 aromatic rings. The van der Waals surface area contributed by atoms with Crippen LogP contribution in [0.4, 0.5) is 5.69 Å². The molecule has 3 rings (SSSR count). The number of benzene rings is 2. The van der Waals surface area contributed by atoms with Gasteiger partial charge in [-0.3, -0.25) is 9.89 Å². The van der Waals surface area contributed by atoms with Crippen LogP contribution < -0.4 is 11.1 Å². The number of fused-ring (bicyclic) bond motifs is 1. The summed E-state index contributed by atoms with van der Waals surface area (Å²) in [5.74, 6) is -0.408. The van der Waals surface area contributed by atoms with E-state index in [-0.39, 0.29) is 0 Å². The zero-order valence-electron chi connectivity index (χ0n) is 10.8. The van der Waals surface area contributed by atoms with E-state index < -0.39 is 5.91 Å². The van der Waals surface area contributed by atoms with Gasteiger partial charge in [0.25, 0.3) is 0 Å². The fourth-order valence-corrected chi connectivity index (χ4v) is 2.04. The first kappa shape index (κ1) is 12.2. The molecule has 0 aliphatic heterocycles. The predicted octanol–water partition coefficient (Wildman–Crippen LogP) is 2.27. The summed E-state index contributed by atoms with van der Waals surface area (Å²) in [7, 11) is 0. The maximum Gasteiger partial charge on any atom is 0.248 e. The Morgan fingerprint density at radius 1 is 1.20 bits per heavy atom. The second-order valence-electron chi connectivity index (χ2n) is 4.59. The second-order valence-corrected chi connectivity index (χ2v) is 4.59. The number of rotatable bonds is 4. The maximum absolute atomic E-state index is 11.0. The zero-order valence-corrected chi connectivity index (χ0v) is 10.8. The van der Waals surface area contributed by atoms with Crippen LogP contribution in [0.3, 0.4) is 0 Å². The molecule has 5 nitrogen and oxygen atoms in total. The van der Waals surface area contributed by atoms with Crippen molar-refractivity contribution < 1.29 is 4.79 Å². The molecule has 0 spiro atoms. The number of anilines is 1. The van der Waals surface area contributed by atoms with Gasteiger partial charge in [0.15, 0.2) is 0 Å². The topological polar surface area (TPSA) is 83.8 Å². The molecule has 0 saturated heterocycles. The minimum atomic E-state index is -0.408. The van der Waals surface area contributed by atoms with Crippen LogP contribution in [-0.4, -0.2) is 16.1 Å². The first-order chi connectivity index (χ1) is 9.72. The van der Waals surface area contributed by atoms with Crippen molar-refractivity contribution >= 4 is 22.5 Å². The first-order valence-corrected chi connectivity index (χ1v) is 6.28. The highest BCUT2D eigenvalue weighted by Gasteiger charge is 2.01. The van der Waals surface area contributed by atoms with E-state index in [9.17, 15) is 4.79 Å². The van der Waals surface area contributed by atoms with Gasteiger partial charge in [-0.15, -0.1) is 0 Å². The highest BCUT2D eigenvalue weighted by atomic mass is 16.1. The van der Waals surface area contributed by atoms with E-state index in [0.717, 1.165) is 22.2 Å². The number of H-pyrrole nitrogens is 1. The third-order valence-electron chi connectivity index (χ3n) is 3.18. The average molecular weight is 266 g/mol. The molecule has 0 saturated carbocycles. The number of nitrogens with one attached hydrogen (secondary N) is 2. The molecule has 0 aliphatic carbocycles. The minimum absolute atomic E-state index is 0.408. The Labute approximate surface area is 115 Å². The highest BCUT2D eigenvalue weighted by molar-refractivity contribution is 5.92. The lowest BCUT2D eigenvalue weighted by molar-refractivity contribution is 0.100. The van der Waals surface area contributed by atoms with Gasteiger partial charge in [-0.2, -0.15) is 5.10 Å². The first-order valence-electron chi connectivity index (χ1n) is 6.28. The van der Waals surface area contributed by atoms with Crippen LogP contribution in [0.25, 0.3) is 10.9 Å². The molecule has 5 heteroatoms. The number of nitrogens with zero attached hydrogens (tertiary/aromatic N) is 1. The fraction of sp³-hybridized carbons (Fsp3) is 0.0667. The summed E-state index contributed by atoms with van der Waals surface area (Å²) >= 11 is 0. The Morgan fingerprint density at radius 3 is 2.75 bits per heavy atom. The number of carbonyl (C=O) groups is 1.